The predicted octanol–water partition coefficient (Wildman–Crippen LogP) is 10.7. The van der Waals surface area contributed by atoms with Crippen molar-refractivity contribution < 1.29 is 4.42 Å². The first-order valence-electron chi connectivity index (χ1n) is 15.5. The van der Waals surface area contributed by atoms with E-state index in [0.29, 0.717) is 17.5 Å². The highest BCUT2D eigenvalue weighted by atomic mass is 16.3. The maximum Gasteiger partial charge on any atom is 0.164 e. The van der Waals surface area contributed by atoms with Crippen molar-refractivity contribution in [2.75, 3.05) is 0 Å². The third-order valence-electron chi connectivity index (χ3n) is 8.59. The van der Waals surface area contributed by atoms with E-state index in [-0.39, 0.29) is 0 Å². The highest BCUT2D eigenvalue weighted by Crippen LogP contribution is 2.41. The zero-order valence-corrected chi connectivity index (χ0v) is 25.2. The van der Waals surface area contributed by atoms with Gasteiger partial charge in [0, 0.05) is 45.2 Å². The van der Waals surface area contributed by atoms with E-state index in [9.17, 15) is 0 Å². The first-order chi connectivity index (χ1) is 23.3. The minimum atomic E-state index is 0.625. The number of hydrogen-bond donors (Lipinski definition) is 0. The van der Waals surface area contributed by atoms with Crippen LogP contribution in [0.5, 0.6) is 0 Å². The Bertz CT molecular complexity index is 2490. The summed E-state index contributed by atoms with van der Waals surface area (Å²) in [6, 6.07) is 49.7. The summed E-state index contributed by atoms with van der Waals surface area (Å²) < 4.78 is 6.54. The van der Waals surface area contributed by atoms with E-state index in [1.165, 1.54) is 0 Å². The van der Waals surface area contributed by atoms with Gasteiger partial charge in [-0.05, 0) is 58.0 Å². The molecule has 0 aliphatic heterocycles. The Morgan fingerprint density at radius 1 is 0.404 bits per heavy atom. The van der Waals surface area contributed by atoms with E-state index >= 15 is 0 Å². The van der Waals surface area contributed by atoms with Gasteiger partial charge in [0.1, 0.15) is 11.2 Å². The van der Waals surface area contributed by atoms with Gasteiger partial charge < -0.3 is 4.42 Å². The van der Waals surface area contributed by atoms with Crippen LogP contribution in [0.1, 0.15) is 0 Å². The average Bonchev–Trinajstić information content (AvgIpc) is 3.51. The molecule has 0 atom stereocenters. The standard InChI is InChI=1S/C42H26N4O/c1-4-10-27(11-5-1)33-22-35(39-36-23-34-26-43-21-20-32(34)24-37(36)47-38(39)25-33)28-16-18-31(19-17-28)42-45-40(29-12-6-2-7-13-29)44-41(46-42)30-14-8-3-9-15-30/h1-26H. The van der Waals surface area contributed by atoms with E-state index in [4.69, 9.17) is 19.4 Å². The van der Waals surface area contributed by atoms with Crippen molar-refractivity contribution >= 4 is 32.7 Å². The monoisotopic (exact) mass is 602 g/mol. The smallest absolute Gasteiger partial charge is 0.164 e. The van der Waals surface area contributed by atoms with Crippen LogP contribution in [0.2, 0.25) is 0 Å². The zero-order chi connectivity index (χ0) is 31.2. The lowest BCUT2D eigenvalue weighted by molar-refractivity contribution is 0.669. The molecule has 9 aromatic rings. The van der Waals surface area contributed by atoms with Gasteiger partial charge in [0.25, 0.3) is 0 Å². The molecule has 5 nitrogen and oxygen atoms in total. The molecule has 0 amide bonds. The lowest BCUT2D eigenvalue weighted by Gasteiger charge is -2.11. The summed E-state index contributed by atoms with van der Waals surface area (Å²) in [7, 11) is 0. The number of fused-ring (bicyclic) bond motifs is 4. The average molecular weight is 603 g/mol. The normalized spacial score (nSPS) is 11.4. The first-order valence-corrected chi connectivity index (χ1v) is 15.5. The van der Waals surface area contributed by atoms with E-state index in [1.54, 1.807) is 0 Å². The molecule has 0 aliphatic rings. The van der Waals surface area contributed by atoms with E-state index < -0.39 is 0 Å². The van der Waals surface area contributed by atoms with Crippen LogP contribution >= 0.6 is 0 Å². The van der Waals surface area contributed by atoms with Gasteiger partial charge in [0.05, 0.1) is 0 Å². The quantitative estimate of drug-likeness (QED) is 0.196. The molecule has 0 bridgehead atoms. The molecule has 0 unspecified atom stereocenters. The fourth-order valence-corrected chi connectivity index (χ4v) is 6.25. The predicted molar refractivity (Wildman–Crippen MR) is 190 cm³/mol. The summed E-state index contributed by atoms with van der Waals surface area (Å²) in [5.41, 5.74) is 8.91. The molecule has 9 rings (SSSR count). The molecule has 0 spiro atoms. The van der Waals surface area contributed by atoms with Gasteiger partial charge in [-0.15, -0.1) is 0 Å². The number of pyridine rings is 1. The molecular formula is C42H26N4O. The summed E-state index contributed by atoms with van der Waals surface area (Å²) in [6.45, 7) is 0. The lowest BCUT2D eigenvalue weighted by Crippen LogP contribution is -2.00. The Morgan fingerprint density at radius 3 is 1.57 bits per heavy atom. The lowest BCUT2D eigenvalue weighted by atomic mass is 9.93. The summed E-state index contributed by atoms with van der Waals surface area (Å²) in [5, 5.41) is 4.32. The summed E-state index contributed by atoms with van der Waals surface area (Å²) >= 11 is 0. The highest BCUT2D eigenvalue weighted by Gasteiger charge is 2.17. The van der Waals surface area contributed by atoms with Gasteiger partial charge in [-0.3, -0.25) is 4.98 Å². The van der Waals surface area contributed by atoms with Gasteiger partial charge in [0.2, 0.25) is 0 Å². The van der Waals surface area contributed by atoms with Crippen molar-refractivity contribution in [3.8, 4) is 56.4 Å². The molecule has 0 saturated carbocycles. The van der Waals surface area contributed by atoms with E-state index in [1.807, 2.05) is 85.2 Å². The maximum atomic E-state index is 6.54. The number of furan rings is 1. The van der Waals surface area contributed by atoms with Crippen molar-refractivity contribution in [2.45, 2.75) is 0 Å². The second kappa shape index (κ2) is 11.2. The Morgan fingerprint density at radius 2 is 0.957 bits per heavy atom. The van der Waals surface area contributed by atoms with Crippen molar-refractivity contribution in [2.24, 2.45) is 0 Å². The van der Waals surface area contributed by atoms with Crippen molar-refractivity contribution in [1.29, 1.82) is 0 Å². The second-order valence-corrected chi connectivity index (χ2v) is 11.6. The molecule has 220 valence electrons. The number of hydrogen-bond acceptors (Lipinski definition) is 5. The van der Waals surface area contributed by atoms with Crippen LogP contribution in [0.3, 0.4) is 0 Å². The van der Waals surface area contributed by atoms with Crippen LogP contribution in [0.4, 0.5) is 0 Å². The maximum absolute atomic E-state index is 6.54. The third kappa shape index (κ3) is 4.91. The number of nitrogens with zero attached hydrogens (tertiary/aromatic N) is 4. The van der Waals surface area contributed by atoms with Crippen LogP contribution in [-0.4, -0.2) is 19.9 Å². The molecular weight excluding hydrogens is 576 g/mol. The molecule has 0 aliphatic carbocycles. The molecule has 0 fully saturated rings. The molecule has 0 saturated heterocycles. The molecule has 6 aromatic carbocycles. The number of aromatic nitrogens is 4. The van der Waals surface area contributed by atoms with E-state index in [2.05, 4.69) is 77.8 Å². The zero-order valence-electron chi connectivity index (χ0n) is 25.2. The summed E-state index contributed by atoms with van der Waals surface area (Å²) in [4.78, 5) is 19.1. The van der Waals surface area contributed by atoms with Gasteiger partial charge >= 0.3 is 0 Å². The second-order valence-electron chi connectivity index (χ2n) is 11.6. The van der Waals surface area contributed by atoms with Crippen LogP contribution < -0.4 is 0 Å². The van der Waals surface area contributed by atoms with Gasteiger partial charge in [-0.25, -0.2) is 15.0 Å². The number of benzene rings is 6. The fourth-order valence-electron chi connectivity index (χ4n) is 6.25. The molecule has 3 heterocycles. The van der Waals surface area contributed by atoms with Crippen LogP contribution in [-0.2, 0) is 0 Å². The van der Waals surface area contributed by atoms with E-state index in [0.717, 1.165) is 71.7 Å². The molecule has 3 aromatic heterocycles. The topological polar surface area (TPSA) is 64.7 Å². The molecule has 5 heteroatoms. The van der Waals surface area contributed by atoms with Gasteiger partial charge in [-0.2, -0.15) is 0 Å². The largest absolute Gasteiger partial charge is 0.456 e. The molecule has 47 heavy (non-hydrogen) atoms. The minimum absolute atomic E-state index is 0.625. The summed E-state index contributed by atoms with van der Waals surface area (Å²) in [6.07, 6.45) is 3.72. The first kappa shape index (κ1) is 26.9. The molecule has 0 radical (unpaired) electrons. The Balaban J connectivity index is 1.21. The Labute approximate surface area is 270 Å². The molecule has 0 N–H and O–H groups in total. The number of rotatable bonds is 5. The van der Waals surface area contributed by atoms with Gasteiger partial charge in [-0.1, -0.05) is 115 Å². The van der Waals surface area contributed by atoms with Crippen molar-refractivity contribution in [3.05, 3.63) is 158 Å². The van der Waals surface area contributed by atoms with Crippen molar-refractivity contribution in [3.63, 3.8) is 0 Å². The Hall–Kier alpha value is -6.46. The van der Waals surface area contributed by atoms with Crippen LogP contribution in [0.15, 0.2) is 162 Å². The summed E-state index contributed by atoms with van der Waals surface area (Å²) in [5.74, 6) is 1.91. The third-order valence-corrected chi connectivity index (χ3v) is 8.59. The SMILES string of the molecule is c1ccc(-c2cc(-c3ccc(-c4nc(-c5ccccc5)nc(-c5ccccc5)n4)cc3)c3c(c2)oc2cc4ccncc4cc23)cc1. The highest BCUT2D eigenvalue weighted by molar-refractivity contribution is 6.16. The van der Waals surface area contributed by atoms with Crippen LogP contribution in [0.25, 0.3) is 89.1 Å². The van der Waals surface area contributed by atoms with Crippen molar-refractivity contribution in [1.82, 2.24) is 19.9 Å². The minimum Gasteiger partial charge on any atom is -0.456 e. The van der Waals surface area contributed by atoms with Crippen LogP contribution in [0, 0.1) is 0 Å². The van der Waals surface area contributed by atoms with Gasteiger partial charge in [0.15, 0.2) is 17.5 Å². The Kier molecular flexibility index (Phi) is 6.39. The fraction of sp³-hybridized carbons (Fsp3) is 0.